The van der Waals surface area contributed by atoms with Crippen LogP contribution in [0.3, 0.4) is 0 Å². The van der Waals surface area contributed by atoms with E-state index in [1.165, 1.54) is 0 Å². The summed E-state index contributed by atoms with van der Waals surface area (Å²) in [6, 6.07) is 3.51. The van der Waals surface area contributed by atoms with Gasteiger partial charge in [0.2, 0.25) is 0 Å². The van der Waals surface area contributed by atoms with Crippen molar-refractivity contribution in [1.29, 1.82) is 5.26 Å². The predicted molar refractivity (Wildman–Crippen MR) is 63.1 cm³/mol. The van der Waals surface area contributed by atoms with Gasteiger partial charge in [0.25, 0.3) is 0 Å². The summed E-state index contributed by atoms with van der Waals surface area (Å²) < 4.78 is 18.7. The first-order valence-electron chi connectivity index (χ1n) is 5.44. The third-order valence-electron chi connectivity index (χ3n) is 1.98. The highest BCUT2D eigenvalue weighted by Gasteiger charge is 2.14. The molecule has 0 unspecified atom stereocenters. The number of nitriles is 1. The molecule has 0 fully saturated rings. The van der Waals surface area contributed by atoms with E-state index in [1.807, 2.05) is 19.9 Å². The lowest BCUT2D eigenvalue weighted by molar-refractivity contribution is 0.334. The minimum absolute atomic E-state index is 0.00403. The number of rotatable bonds is 2. The molecule has 1 aromatic carbocycles. The number of nitrogens with zero attached hydrogens (tertiary/aromatic N) is 1. The summed E-state index contributed by atoms with van der Waals surface area (Å²) in [5.74, 6) is -0.125. The number of hydrogen-bond acceptors (Lipinski definition) is 2. The third kappa shape index (κ3) is 2.96. The second-order valence-corrected chi connectivity index (χ2v) is 3.07. The maximum atomic E-state index is 13.5. The highest BCUT2D eigenvalue weighted by Crippen LogP contribution is 2.27. The van der Waals surface area contributed by atoms with Crippen LogP contribution in [0.5, 0.6) is 5.75 Å². The van der Waals surface area contributed by atoms with E-state index in [1.54, 1.807) is 26.8 Å². The average molecular weight is 223 g/mol. The zero-order valence-corrected chi connectivity index (χ0v) is 10.5. The van der Waals surface area contributed by atoms with Crippen LogP contribution in [0.15, 0.2) is 6.07 Å². The lowest BCUT2D eigenvalue weighted by Crippen LogP contribution is -2.01. The van der Waals surface area contributed by atoms with Crippen LogP contribution in [0.4, 0.5) is 4.39 Å². The van der Waals surface area contributed by atoms with Crippen molar-refractivity contribution in [3.63, 3.8) is 0 Å². The molecular formula is C13H18FNO. The Labute approximate surface area is 96.7 Å². The zero-order chi connectivity index (χ0) is 12.7. The molecule has 0 aliphatic carbocycles. The van der Waals surface area contributed by atoms with Gasteiger partial charge in [0, 0.05) is 0 Å². The molecule has 2 nitrogen and oxygen atoms in total. The van der Waals surface area contributed by atoms with Gasteiger partial charge in [-0.1, -0.05) is 13.8 Å². The Morgan fingerprint density at radius 3 is 2.31 bits per heavy atom. The van der Waals surface area contributed by atoms with Crippen molar-refractivity contribution >= 4 is 0 Å². The fourth-order valence-electron chi connectivity index (χ4n) is 1.38. The molecule has 0 aliphatic rings. The van der Waals surface area contributed by atoms with Gasteiger partial charge >= 0.3 is 0 Å². The summed E-state index contributed by atoms with van der Waals surface area (Å²) in [6.45, 7) is 9.67. The van der Waals surface area contributed by atoms with Gasteiger partial charge in [-0.15, -0.1) is 0 Å². The summed E-state index contributed by atoms with van der Waals surface area (Å²) in [5, 5.41) is 8.80. The first-order chi connectivity index (χ1) is 7.61. The maximum Gasteiger partial charge on any atom is 0.147 e. The van der Waals surface area contributed by atoms with Crippen LogP contribution >= 0.6 is 0 Å². The van der Waals surface area contributed by atoms with Crippen LogP contribution in [0.2, 0.25) is 0 Å². The van der Waals surface area contributed by atoms with E-state index in [0.29, 0.717) is 17.9 Å². The molecule has 0 atom stereocenters. The van der Waals surface area contributed by atoms with E-state index in [-0.39, 0.29) is 5.56 Å². The summed E-state index contributed by atoms with van der Waals surface area (Å²) >= 11 is 0. The Balaban J connectivity index is 0.00000106. The van der Waals surface area contributed by atoms with Crippen LogP contribution in [0.25, 0.3) is 0 Å². The molecule has 0 saturated heterocycles. The molecule has 88 valence electrons. The van der Waals surface area contributed by atoms with Crippen molar-refractivity contribution < 1.29 is 9.13 Å². The lowest BCUT2D eigenvalue weighted by Gasteiger charge is -2.10. The molecule has 0 amide bonds. The minimum Gasteiger partial charge on any atom is -0.492 e. The highest BCUT2D eigenvalue weighted by atomic mass is 19.1. The van der Waals surface area contributed by atoms with Crippen LogP contribution in [-0.4, -0.2) is 6.61 Å². The van der Waals surface area contributed by atoms with Crippen molar-refractivity contribution in [2.45, 2.75) is 34.6 Å². The summed E-state index contributed by atoms with van der Waals surface area (Å²) in [4.78, 5) is 0. The Bertz CT molecular complexity index is 394. The van der Waals surface area contributed by atoms with Gasteiger partial charge in [-0.05, 0) is 38.0 Å². The Morgan fingerprint density at radius 1 is 1.31 bits per heavy atom. The largest absolute Gasteiger partial charge is 0.492 e. The van der Waals surface area contributed by atoms with E-state index in [4.69, 9.17) is 10.00 Å². The van der Waals surface area contributed by atoms with Gasteiger partial charge in [-0.2, -0.15) is 5.26 Å². The van der Waals surface area contributed by atoms with Crippen LogP contribution in [0, 0.1) is 31.0 Å². The molecule has 0 spiro atoms. The monoisotopic (exact) mass is 223 g/mol. The maximum absolute atomic E-state index is 13.5. The fraction of sp³-hybridized carbons (Fsp3) is 0.462. The van der Waals surface area contributed by atoms with E-state index in [0.717, 1.165) is 5.56 Å². The van der Waals surface area contributed by atoms with Crippen molar-refractivity contribution in [2.75, 3.05) is 6.61 Å². The molecule has 0 aliphatic heterocycles. The second-order valence-electron chi connectivity index (χ2n) is 3.07. The molecule has 0 radical (unpaired) electrons. The molecule has 0 bridgehead atoms. The standard InChI is InChI=1S/C11H12FNO.C2H6/c1-4-14-11-8(3)5-7(2)10(12)9(11)6-13;1-2/h5H,4H2,1-3H3;1-2H3. The molecule has 3 heteroatoms. The predicted octanol–water partition coefficient (Wildman–Crippen LogP) is 3.74. The molecule has 0 N–H and O–H groups in total. The number of benzene rings is 1. The number of aryl methyl sites for hydroxylation is 2. The normalized spacial score (nSPS) is 8.81. The van der Waals surface area contributed by atoms with Gasteiger partial charge < -0.3 is 4.74 Å². The van der Waals surface area contributed by atoms with Gasteiger partial charge in [-0.25, -0.2) is 4.39 Å². The van der Waals surface area contributed by atoms with Gasteiger partial charge in [0.1, 0.15) is 23.2 Å². The molecule has 1 aromatic rings. The number of hydrogen-bond donors (Lipinski definition) is 0. The minimum atomic E-state index is -0.485. The van der Waals surface area contributed by atoms with Gasteiger partial charge in [0.05, 0.1) is 6.61 Å². The molecule has 16 heavy (non-hydrogen) atoms. The quantitative estimate of drug-likeness (QED) is 0.765. The lowest BCUT2D eigenvalue weighted by atomic mass is 10.1. The molecule has 0 saturated carbocycles. The van der Waals surface area contributed by atoms with Gasteiger partial charge in [-0.3, -0.25) is 0 Å². The topological polar surface area (TPSA) is 33.0 Å². The van der Waals surface area contributed by atoms with Crippen molar-refractivity contribution in [1.82, 2.24) is 0 Å². The molecule has 0 aromatic heterocycles. The highest BCUT2D eigenvalue weighted by molar-refractivity contribution is 5.51. The van der Waals surface area contributed by atoms with Crippen LogP contribution in [-0.2, 0) is 0 Å². The SMILES string of the molecule is CC.CCOc1c(C)cc(C)c(F)c1C#N. The summed E-state index contributed by atoms with van der Waals surface area (Å²) in [7, 11) is 0. The van der Waals surface area contributed by atoms with Crippen LogP contribution < -0.4 is 4.74 Å². The van der Waals surface area contributed by atoms with E-state index >= 15 is 0 Å². The fourth-order valence-corrected chi connectivity index (χ4v) is 1.38. The Hall–Kier alpha value is -1.56. The number of halogens is 1. The van der Waals surface area contributed by atoms with Crippen molar-refractivity contribution in [3.8, 4) is 11.8 Å². The van der Waals surface area contributed by atoms with E-state index in [9.17, 15) is 4.39 Å². The van der Waals surface area contributed by atoms with E-state index in [2.05, 4.69) is 0 Å². The Morgan fingerprint density at radius 2 is 1.88 bits per heavy atom. The average Bonchev–Trinajstić information content (AvgIpc) is 2.29. The van der Waals surface area contributed by atoms with Crippen molar-refractivity contribution in [2.24, 2.45) is 0 Å². The Kier molecular flexibility index (Phi) is 6.17. The third-order valence-corrected chi connectivity index (χ3v) is 1.98. The second kappa shape index (κ2) is 6.84. The van der Waals surface area contributed by atoms with Crippen molar-refractivity contribution in [3.05, 3.63) is 28.6 Å². The summed E-state index contributed by atoms with van der Waals surface area (Å²) in [5.41, 5.74) is 1.27. The zero-order valence-electron chi connectivity index (χ0n) is 10.5. The van der Waals surface area contributed by atoms with Gasteiger partial charge in [0.15, 0.2) is 0 Å². The summed E-state index contributed by atoms with van der Waals surface area (Å²) in [6.07, 6.45) is 0. The first kappa shape index (κ1) is 14.4. The van der Waals surface area contributed by atoms with Crippen LogP contribution in [0.1, 0.15) is 37.5 Å². The first-order valence-corrected chi connectivity index (χ1v) is 5.44. The molecular weight excluding hydrogens is 205 g/mol. The molecule has 0 heterocycles. The number of ether oxygens (including phenoxy) is 1. The smallest absolute Gasteiger partial charge is 0.147 e. The molecule has 1 rings (SSSR count). The van der Waals surface area contributed by atoms with E-state index < -0.39 is 5.82 Å².